The van der Waals surface area contributed by atoms with Gasteiger partial charge in [0.1, 0.15) is 6.04 Å². The molecule has 0 aliphatic carbocycles. The summed E-state index contributed by atoms with van der Waals surface area (Å²) in [6.07, 6.45) is 0. The van der Waals surface area contributed by atoms with Gasteiger partial charge in [-0.25, -0.2) is 4.98 Å². The smallest absolute Gasteiger partial charge is 0.326 e. The minimum atomic E-state index is -1.02. The number of carboxylic acids is 1. The molecular weight excluding hydrogens is 164 g/mol. The lowest BCUT2D eigenvalue weighted by Crippen LogP contribution is -2.20. The van der Waals surface area contributed by atoms with Crippen LogP contribution in [0.5, 0.6) is 0 Å². The average Bonchev–Trinajstić information content (AvgIpc) is 2.33. The van der Waals surface area contributed by atoms with Crippen LogP contribution in [0, 0.1) is 6.92 Å². The molecule has 1 aromatic rings. The first-order valence-electron chi connectivity index (χ1n) is 3.01. The molecule has 0 aliphatic heterocycles. The van der Waals surface area contributed by atoms with Crippen LogP contribution in [-0.4, -0.2) is 16.1 Å². The SMILES string of the molecule is Cc1ncsc1C(N)C(=O)O. The van der Waals surface area contributed by atoms with Gasteiger partial charge in [0.2, 0.25) is 0 Å². The summed E-state index contributed by atoms with van der Waals surface area (Å²) < 4.78 is 0. The number of rotatable bonds is 2. The lowest BCUT2D eigenvalue weighted by molar-refractivity contribution is -0.138. The number of nitrogens with two attached hydrogens (primary N) is 1. The van der Waals surface area contributed by atoms with Gasteiger partial charge < -0.3 is 10.8 Å². The van der Waals surface area contributed by atoms with Crippen molar-refractivity contribution in [3.63, 3.8) is 0 Å². The van der Waals surface area contributed by atoms with Gasteiger partial charge in [0.05, 0.1) is 16.1 Å². The fraction of sp³-hybridized carbons (Fsp3) is 0.333. The Balaban J connectivity index is 2.92. The molecular formula is C6H8N2O2S. The minimum absolute atomic E-state index is 0.623. The number of hydrogen-bond acceptors (Lipinski definition) is 4. The Morgan fingerprint density at radius 3 is 2.91 bits per heavy atom. The average molecular weight is 172 g/mol. The molecule has 11 heavy (non-hydrogen) atoms. The maximum atomic E-state index is 10.4. The molecule has 0 aromatic carbocycles. The van der Waals surface area contributed by atoms with Gasteiger partial charge in [0, 0.05) is 0 Å². The van der Waals surface area contributed by atoms with Gasteiger partial charge in [-0.1, -0.05) is 0 Å². The Morgan fingerprint density at radius 2 is 2.55 bits per heavy atom. The fourth-order valence-corrected chi connectivity index (χ4v) is 1.52. The second-order valence-corrected chi connectivity index (χ2v) is 3.00. The first kappa shape index (κ1) is 8.16. The third-order valence-electron chi connectivity index (χ3n) is 1.33. The largest absolute Gasteiger partial charge is 0.480 e. The Hall–Kier alpha value is -0.940. The van der Waals surface area contributed by atoms with Gasteiger partial charge in [0.15, 0.2) is 0 Å². The number of aromatic nitrogens is 1. The van der Waals surface area contributed by atoms with E-state index in [-0.39, 0.29) is 0 Å². The second kappa shape index (κ2) is 2.98. The van der Waals surface area contributed by atoms with E-state index in [9.17, 15) is 4.79 Å². The highest BCUT2D eigenvalue weighted by atomic mass is 32.1. The summed E-state index contributed by atoms with van der Waals surface area (Å²) in [5.41, 5.74) is 7.64. The van der Waals surface area contributed by atoms with E-state index in [0.717, 1.165) is 0 Å². The molecule has 0 amide bonds. The molecule has 1 aromatic heterocycles. The van der Waals surface area contributed by atoms with Gasteiger partial charge in [-0.2, -0.15) is 0 Å². The van der Waals surface area contributed by atoms with Crippen molar-refractivity contribution in [3.05, 3.63) is 16.1 Å². The molecule has 1 unspecified atom stereocenters. The Kier molecular flexibility index (Phi) is 2.21. The van der Waals surface area contributed by atoms with E-state index in [0.29, 0.717) is 10.6 Å². The molecule has 60 valence electrons. The molecule has 1 rings (SSSR count). The molecule has 0 spiro atoms. The predicted molar refractivity (Wildman–Crippen MR) is 41.4 cm³/mol. The third-order valence-corrected chi connectivity index (χ3v) is 2.35. The van der Waals surface area contributed by atoms with E-state index < -0.39 is 12.0 Å². The standard InChI is InChI=1S/C6H8N2O2S/c1-3-5(11-2-8-3)4(7)6(9)10/h2,4H,7H2,1H3,(H,9,10). The summed E-state index contributed by atoms with van der Waals surface area (Å²) in [6.45, 7) is 1.74. The molecule has 1 atom stereocenters. The van der Waals surface area contributed by atoms with Crippen molar-refractivity contribution in [1.82, 2.24) is 4.98 Å². The van der Waals surface area contributed by atoms with Crippen LogP contribution >= 0.6 is 11.3 Å². The zero-order chi connectivity index (χ0) is 8.43. The van der Waals surface area contributed by atoms with Crippen LogP contribution in [0.25, 0.3) is 0 Å². The maximum absolute atomic E-state index is 10.4. The van der Waals surface area contributed by atoms with E-state index in [1.165, 1.54) is 11.3 Å². The van der Waals surface area contributed by atoms with Gasteiger partial charge >= 0.3 is 5.97 Å². The van der Waals surface area contributed by atoms with Crippen molar-refractivity contribution in [1.29, 1.82) is 0 Å². The van der Waals surface area contributed by atoms with Gasteiger partial charge in [-0.05, 0) is 6.92 Å². The normalized spacial score (nSPS) is 12.9. The summed E-state index contributed by atoms with van der Waals surface area (Å²) in [5.74, 6) is -1.02. The Labute approximate surface area is 67.7 Å². The van der Waals surface area contributed by atoms with Crippen LogP contribution < -0.4 is 5.73 Å². The van der Waals surface area contributed by atoms with Crippen LogP contribution in [0.4, 0.5) is 0 Å². The molecule has 0 radical (unpaired) electrons. The van der Waals surface area contributed by atoms with Gasteiger partial charge in [-0.3, -0.25) is 4.79 Å². The number of carboxylic acid groups (broad SMARTS) is 1. The van der Waals surface area contributed by atoms with E-state index in [4.69, 9.17) is 10.8 Å². The monoisotopic (exact) mass is 172 g/mol. The van der Waals surface area contributed by atoms with Crippen LogP contribution in [0.3, 0.4) is 0 Å². The zero-order valence-corrected chi connectivity index (χ0v) is 6.76. The van der Waals surface area contributed by atoms with Crippen molar-refractivity contribution in [3.8, 4) is 0 Å². The Bertz CT molecular complexity index is 271. The number of hydrogen-bond donors (Lipinski definition) is 2. The summed E-state index contributed by atoms with van der Waals surface area (Å²) in [6, 6.07) is -0.928. The topological polar surface area (TPSA) is 76.2 Å². The van der Waals surface area contributed by atoms with Crippen molar-refractivity contribution >= 4 is 17.3 Å². The first-order valence-corrected chi connectivity index (χ1v) is 3.89. The molecule has 0 fully saturated rings. The quantitative estimate of drug-likeness (QED) is 0.682. The molecule has 0 saturated heterocycles. The van der Waals surface area contributed by atoms with Crippen LogP contribution in [0.2, 0.25) is 0 Å². The number of nitrogens with zero attached hydrogens (tertiary/aromatic N) is 1. The van der Waals surface area contributed by atoms with Crippen LogP contribution in [0.15, 0.2) is 5.51 Å². The highest BCUT2D eigenvalue weighted by Gasteiger charge is 2.17. The Morgan fingerprint density at radius 1 is 1.91 bits per heavy atom. The summed E-state index contributed by atoms with van der Waals surface area (Å²) in [7, 11) is 0. The lowest BCUT2D eigenvalue weighted by Gasteiger charge is -2.02. The zero-order valence-electron chi connectivity index (χ0n) is 5.94. The highest BCUT2D eigenvalue weighted by Crippen LogP contribution is 2.19. The van der Waals surface area contributed by atoms with Gasteiger partial charge in [-0.15, -0.1) is 11.3 Å². The molecule has 1 heterocycles. The number of aliphatic carboxylic acids is 1. The lowest BCUT2D eigenvalue weighted by atomic mass is 10.2. The minimum Gasteiger partial charge on any atom is -0.480 e. The predicted octanol–water partition coefficient (Wildman–Crippen LogP) is 0.536. The highest BCUT2D eigenvalue weighted by molar-refractivity contribution is 7.10. The summed E-state index contributed by atoms with van der Waals surface area (Å²) in [5, 5.41) is 8.53. The molecule has 0 bridgehead atoms. The van der Waals surface area contributed by atoms with Gasteiger partial charge in [0.25, 0.3) is 0 Å². The summed E-state index contributed by atoms with van der Waals surface area (Å²) >= 11 is 1.27. The van der Waals surface area contributed by atoms with E-state index in [1.54, 1.807) is 12.4 Å². The molecule has 3 N–H and O–H groups in total. The van der Waals surface area contributed by atoms with E-state index in [2.05, 4.69) is 4.98 Å². The van der Waals surface area contributed by atoms with Crippen molar-refractivity contribution in [2.24, 2.45) is 5.73 Å². The van der Waals surface area contributed by atoms with Crippen molar-refractivity contribution in [2.75, 3.05) is 0 Å². The maximum Gasteiger partial charge on any atom is 0.326 e. The second-order valence-electron chi connectivity index (χ2n) is 2.12. The van der Waals surface area contributed by atoms with Crippen LogP contribution in [-0.2, 0) is 4.79 Å². The third kappa shape index (κ3) is 1.55. The van der Waals surface area contributed by atoms with Crippen molar-refractivity contribution in [2.45, 2.75) is 13.0 Å². The first-order chi connectivity index (χ1) is 5.13. The summed E-state index contributed by atoms with van der Waals surface area (Å²) in [4.78, 5) is 14.9. The molecule has 4 nitrogen and oxygen atoms in total. The molecule has 0 aliphatic rings. The van der Waals surface area contributed by atoms with E-state index >= 15 is 0 Å². The number of thiazole rings is 1. The van der Waals surface area contributed by atoms with E-state index in [1.807, 2.05) is 0 Å². The van der Waals surface area contributed by atoms with Crippen LogP contribution in [0.1, 0.15) is 16.6 Å². The molecule has 5 heteroatoms. The fourth-order valence-electron chi connectivity index (χ4n) is 0.722. The molecule has 0 saturated carbocycles. The number of carbonyl (C=O) groups is 1. The number of aryl methyl sites for hydroxylation is 1. The van der Waals surface area contributed by atoms with Crippen molar-refractivity contribution < 1.29 is 9.90 Å².